The fourth-order valence-corrected chi connectivity index (χ4v) is 8.91. The van der Waals surface area contributed by atoms with E-state index in [4.69, 9.17) is 26.1 Å². The number of nitrogens with one attached hydrogen (secondary N) is 2. The van der Waals surface area contributed by atoms with E-state index in [1.54, 1.807) is 50.2 Å². The standard InChI is InChI=1S/C52H67N9O9S/c1-31-25-44(64)48(61(7)51(66)37(30-57-71(56,67)68)29-43(63)47-32(2)58-49(59-33(47)3)35-13-16-38(17-14-35)52(4,5)6)36-15-19-46(70-24-10-22-55)40(28-36)39-26-34(12-18-45(39)69-23-9-21-54)27-41(60-50(31)65)42(62)11-8-20-53/h12-19,26,28,31,37,41,48,57H,8-11,21-25,27,29-30,54-55H2,1-7H3,(H,60,65)(H2,56,67,68)/t31-,37+,41+,48+/m1/s1. The molecular formula is C52H67N9O9S. The molecule has 8 N–H and O–H groups in total. The lowest BCUT2D eigenvalue weighted by Crippen LogP contribution is -2.46. The van der Waals surface area contributed by atoms with E-state index in [9.17, 15) is 37.7 Å². The number of fused-ring (bicyclic) bond motifs is 5. The molecule has 0 radical (unpaired) electrons. The van der Waals surface area contributed by atoms with Gasteiger partial charge in [-0.2, -0.15) is 13.7 Å². The number of carbonyl (C=O) groups is 5. The largest absolute Gasteiger partial charge is 0.493 e. The number of Topliss-reactive ketones (excluding diaryl/α,β-unsaturated/α-hetero) is 3. The molecule has 2 amide bonds. The van der Waals surface area contributed by atoms with Crippen LogP contribution in [0.4, 0.5) is 0 Å². The highest BCUT2D eigenvalue weighted by molar-refractivity contribution is 7.87. The third kappa shape index (κ3) is 14.8. The molecule has 1 aliphatic rings. The predicted octanol–water partition coefficient (Wildman–Crippen LogP) is 4.87. The van der Waals surface area contributed by atoms with E-state index in [0.717, 1.165) is 16.0 Å². The smallest absolute Gasteiger partial charge is 0.274 e. The number of ether oxygens (including phenoxy) is 2. The fourth-order valence-electron chi connectivity index (χ4n) is 8.48. The second-order valence-corrected chi connectivity index (χ2v) is 20.4. The zero-order valence-corrected chi connectivity index (χ0v) is 42.5. The van der Waals surface area contributed by atoms with Crippen LogP contribution in [0.2, 0.25) is 0 Å². The molecule has 3 aromatic carbocycles. The number of hydrogen-bond donors (Lipinski definition) is 5. The van der Waals surface area contributed by atoms with Gasteiger partial charge in [-0.05, 0) is 92.6 Å². The minimum absolute atomic E-state index is 0.0586. The molecule has 71 heavy (non-hydrogen) atoms. The molecule has 1 aliphatic heterocycles. The molecule has 0 spiro atoms. The number of aromatic nitrogens is 2. The molecule has 19 heteroatoms. The van der Waals surface area contributed by atoms with Crippen LogP contribution in [0.3, 0.4) is 0 Å². The van der Waals surface area contributed by atoms with Crippen molar-refractivity contribution in [3.05, 3.63) is 94.3 Å². The third-order valence-electron chi connectivity index (χ3n) is 12.4. The van der Waals surface area contributed by atoms with E-state index in [2.05, 4.69) is 40.8 Å². The maximum Gasteiger partial charge on any atom is 0.274 e. The Kier molecular flexibility index (Phi) is 19.2. The molecule has 2 heterocycles. The van der Waals surface area contributed by atoms with E-state index in [1.165, 1.54) is 14.0 Å². The van der Waals surface area contributed by atoms with Crippen molar-refractivity contribution in [3.63, 3.8) is 0 Å². The van der Waals surface area contributed by atoms with Crippen LogP contribution in [0.25, 0.3) is 22.5 Å². The summed E-state index contributed by atoms with van der Waals surface area (Å²) in [4.78, 5) is 82.2. The average Bonchev–Trinajstić information content (AvgIpc) is 3.31. The van der Waals surface area contributed by atoms with Crippen LogP contribution < -0.4 is 36.1 Å². The van der Waals surface area contributed by atoms with Gasteiger partial charge >= 0.3 is 0 Å². The summed E-state index contributed by atoms with van der Waals surface area (Å²) in [5, 5.41) is 17.5. The summed E-state index contributed by atoms with van der Waals surface area (Å²) in [5.41, 5.74) is 16.2. The zero-order chi connectivity index (χ0) is 52.2. The number of carbonyl (C=O) groups excluding carboxylic acids is 5. The molecule has 0 saturated heterocycles. The van der Waals surface area contributed by atoms with Crippen molar-refractivity contribution in [2.24, 2.45) is 28.4 Å². The van der Waals surface area contributed by atoms with Crippen LogP contribution in [0.5, 0.6) is 11.5 Å². The van der Waals surface area contributed by atoms with Gasteiger partial charge in [0.1, 0.15) is 17.5 Å². The second-order valence-electron chi connectivity index (χ2n) is 19.0. The number of rotatable bonds is 20. The highest BCUT2D eigenvalue weighted by atomic mass is 32.2. The van der Waals surface area contributed by atoms with Gasteiger partial charge in [0.2, 0.25) is 11.8 Å². The zero-order valence-electron chi connectivity index (χ0n) is 41.7. The first-order valence-corrected chi connectivity index (χ1v) is 25.3. The Bertz CT molecular complexity index is 2730. The highest BCUT2D eigenvalue weighted by Crippen LogP contribution is 2.41. The molecule has 5 rings (SSSR count). The molecule has 0 aliphatic carbocycles. The van der Waals surface area contributed by atoms with Crippen molar-refractivity contribution < 1.29 is 41.9 Å². The number of aryl methyl sites for hydroxylation is 2. The van der Waals surface area contributed by atoms with Crippen LogP contribution >= 0.6 is 0 Å². The van der Waals surface area contributed by atoms with Crippen molar-refractivity contribution in [3.8, 4) is 40.1 Å². The van der Waals surface area contributed by atoms with Gasteiger partial charge in [0.15, 0.2) is 23.2 Å². The van der Waals surface area contributed by atoms with E-state index >= 15 is 0 Å². The van der Waals surface area contributed by atoms with Crippen molar-refractivity contribution in [2.75, 3.05) is 39.9 Å². The Labute approximate surface area is 416 Å². The lowest BCUT2D eigenvalue weighted by atomic mass is 9.86. The molecule has 4 atom stereocenters. The summed E-state index contributed by atoms with van der Waals surface area (Å²) in [6.45, 7) is 11.7. The van der Waals surface area contributed by atoms with Crippen molar-refractivity contribution in [2.45, 2.75) is 104 Å². The number of likely N-dealkylation sites (N-methyl/N-ethyl adjacent to an activating group) is 1. The first-order chi connectivity index (χ1) is 33.6. The van der Waals surface area contributed by atoms with Gasteiger partial charge in [-0.3, -0.25) is 24.0 Å². The lowest BCUT2D eigenvalue weighted by Gasteiger charge is -2.32. The third-order valence-corrected chi connectivity index (χ3v) is 12.9. The average molecular weight is 994 g/mol. The van der Waals surface area contributed by atoms with Crippen molar-refractivity contribution >= 4 is 39.4 Å². The summed E-state index contributed by atoms with van der Waals surface area (Å²) in [6.07, 6.45) is -0.0329. The van der Waals surface area contributed by atoms with Gasteiger partial charge in [-0.25, -0.2) is 19.8 Å². The van der Waals surface area contributed by atoms with Crippen LogP contribution in [0, 0.1) is 37.0 Å². The number of amides is 2. The SMILES string of the molecule is Cc1nc(-c2ccc(C(C)(C)C)cc2)nc(C)c1C(=O)C[C@@H](CNS(N)(=O)=O)C(=O)N(C)[C@@H]1C(=O)C[C@@H](C)C(=O)N[C@H](C(=O)CCC#N)Cc2ccc(OCCCN)c(c2)-c2cc1ccc2OCCCN. The summed E-state index contributed by atoms with van der Waals surface area (Å²) < 4.78 is 39.4. The molecule has 4 aromatic rings. The molecule has 380 valence electrons. The Balaban J connectivity index is 1.62. The summed E-state index contributed by atoms with van der Waals surface area (Å²) >= 11 is 0. The van der Waals surface area contributed by atoms with Gasteiger partial charge in [0.25, 0.3) is 10.2 Å². The number of hydrogen-bond acceptors (Lipinski definition) is 14. The summed E-state index contributed by atoms with van der Waals surface area (Å²) in [6, 6.07) is 17.6. The van der Waals surface area contributed by atoms with Crippen LogP contribution in [-0.2, 0) is 41.2 Å². The van der Waals surface area contributed by atoms with Crippen LogP contribution in [0.1, 0.15) is 111 Å². The molecule has 1 aromatic heterocycles. The minimum Gasteiger partial charge on any atom is -0.493 e. The quantitative estimate of drug-likeness (QED) is 0.0583. The number of nitriles is 1. The Morgan fingerprint density at radius 1 is 0.915 bits per heavy atom. The monoisotopic (exact) mass is 993 g/mol. The maximum atomic E-state index is 15.0. The first kappa shape index (κ1) is 55.5. The maximum absolute atomic E-state index is 15.0. The number of benzene rings is 3. The van der Waals surface area contributed by atoms with Crippen molar-refractivity contribution in [1.82, 2.24) is 24.9 Å². The predicted molar refractivity (Wildman–Crippen MR) is 269 cm³/mol. The molecular weight excluding hydrogens is 927 g/mol. The van der Waals surface area contributed by atoms with Gasteiger partial charge in [0.05, 0.1) is 48.2 Å². The Morgan fingerprint density at radius 3 is 2.07 bits per heavy atom. The number of nitrogens with zero attached hydrogens (tertiary/aromatic N) is 4. The topological polar surface area (TPSA) is 293 Å². The van der Waals surface area contributed by atoms with Gasteiger partial charge in [-0.15, -0.1) is 0 Å². The highest BCUT2D eigenvalue weighted by Gasteiger charge is 2.37. The number of nitrogens with two attached hydrogens (primary N) is 3. The minimum atomic E-state index is -4.39. The summed E-state index contributed by atoms with van der Waals surface area (Å²) in [5.74, 6) is -4.13. The molecule has 0 fully saturated rings. The first-order valence-electron chi connectivity index (χ1n) is 23.8. The van der Waals surface area contributed by atoms with E-state index in [-0.39, 0.29) is 49.2 Å². The van der Waals surface area contributed by atoms with Crippen LogP contribution in [0.15, 0.2) is 60.7 Å². The van der Waals surface area contributed by atoms with E-state index in [0.29, 0.717) is 76.9 Å². The van der Waals surface area contributed by atoms with Crippen LogP contribution in [-0.4, -0.2) is 98.4 Å². The molecule has 0 unspecified atom stereocenters. The lowest BCUT2D eigenvalue weighted by molar-refractivity contribution is -0.142. The second kappa shape index (κ2) is 24.6. The Hall–Kier alpha value is -6.43. The van der Waals surface area contributed by atoms with Crippen molar-refractivity contribution in [1.29, 1.82) is 5.26 Å². The van der Waals surface area contributed by atoms with E-state index in [1.807, 2.05) is 30.3 Å². The van der Waals surface area contributed by atoms with Gasteiger partial charge in [0, 0.05) is 61.9 Å². The number of ketones is 3. The molecule has 4 bridgehead atoms. The molecule has 0 saturated carbocycles. The normalized spacial score (nSPS) is 16.8. The van der Waals surface area contributed by atoms with Gasteiger partial charge in [-0.1, -0.05) is 64.1 Å². The summed E-state index contributed by atoms with van der Waals surface area (Å²) in [7, 11) is -3.02. The fraction of sp³-hybridized carbons (Fsp3) is 0.462. The Morgan fingerprint density at radius 2 is 1.51 bits per heavy atom. The molecule has 18 nitrogen and oxygen atoms in total. The van der Waals surface area contributed by atoms with E-state index < -0.39 is 76.9 Å². The van der Waals surface area contributed by atoms with Gasteiger partial charge < -0.3 is 31.2 Å².